The van der Waals surface area contributed by atoms with E-state index in [1.807, 2.05) is 12.3 Å². The fourth-order valence-corrected chi connectivity index (χ4v) is 3.06. The maximum Gasteiger partial charge on any atom is 0.0722 e. The number of hydrogen-bond donors (Lipinski definition) is 0. The van der Waals surface area contributed by atoms with Crippen molar-refractivity contribution in [1.82, 2.24) is 4.98 Å². The number of pyridine rings is 1. The van der Waals surface area contributed by atoms with Crippen LogP contribution < -0.4 is 4.90 Å². The predicted molar refractivity (Wildman–Crippen MR) is 75.9 cm³/mol. The van der Waals surface area contributed by atoms with Crippen LogP contribution in [0.1, 0.15) is 6.42 Å². The number of rotatable bonds is 2. The Labute approximate surface area is 110 Å². The van der Waals surface area contributed by atoms with Crippen molar-refractivity contribution in [1.29, 1.82) is 0 Å². The molecule has 1 aliphatic rings. The average Bonchev–Trinajstić information content (AvgIpc) is 2.87. The second kappa shape index (κ2) is 4.65. The molecule has 1 atom stereocenters. The normalized spacial score (nSPS) is 20.1. The molecule has 2 nitrogen and oxygen atoms in total. The Morgan fingerprint density at radius 3 is 3.00 bits per heavy atom. The van der Waals surface area contributed by atoms with Crippen LogP contribution in [0.25, 0.3) is 10.9 Å². The SMILES string of the molecule is BrCC1CCN(c2ccnc3ccccc23)C1. The van der Waals surface area contributed by atoms with E-state index >= 15 is 0 Å². The van der Waals surface area contributed by atoms with E-state index in [2.05, 4.69) is 50.1 Å². The van der Waals surface area contributed by atoms with Gasteiger partial charge in [-0.3, -0.25) is 4.98 Å². The zero-order valence-electron chi connectivity index (χ0n) is 9.64. The molecule has 0 spiro atoms. The van der Waals surface area contributed by atoms with Gasteiger partial charge in [0, 0.05) is 35.7 Å². The maximum absolute atomic E-state index is 4.42. The fraction of sp³-hybridized carbons (Fsp3) is 0.357. The van der Waals surface area contributed by atoms with E-state index in [1.54, 1.807) is 0 Å². The van der Waals surface area contributed by atoms with Crippen molar-refractivity contribution in [3.05, 3.63) is 36.5 Å². The van der Waals surface area contributed by atoms with Gasteiger partial charge >= 0.3 is 0 Å². The standard InChI is InChI=1S/C14H15BrN2/c15-9-11-6-8-17(10-11)14-5-7-16-13-4-2-1-3-12(13)14/h1-5,7,11H,6,8-10H2. The highest BCUT2D eigenvalue weighted by Crippen LogP contribution is 2.30. The van der Waals surface area contributed by atoms with E-state index in [1.165, 1.54) is 17.5 Å². The number of para-hydroxylation sites is 1. The molecule has 2 aromatic rings. The number of hydrogen-bond acceptors (Lipinski definition) is 2. The van der Waals surface area contributed by atoms with Crippen LogP contribution >= 0.6 is 15.9 Å². The molecule has 2 heterocycles. The Kier molecular flexibility index (Phi) is 3.02. The second-order valence-corrected chi connectivity index (χ2v) is 5.25. The van der Waals surface area contributed by atoms with E-state index in [-0.39, 0.29) is 0 Å². The van der Waals surface area contributed by atoms with Crippen molar-refractivity contribution in [3.63, 3.8) is 0 Å². The Morgan fingerprint density at radius 1 is 1.29 bits per heavy atom. The quantitative estimate of drug-likeness (QED) is 0.788. The molecule has 17 heavy (non-hydrogen) atoms. The molecule has 0 radical (unpaired) electrons. The number of anilines is 1. The van der Waals surface area contributed by atoms with Gasteiger partial charge in [-0.15, -0.1) is 0 Å². The lowest BCUT2D eigenvalue weighted by Crippen LogP contribution is -2.20. The molecule has 0 aliphatic carbocycles. The predicted octanol–water partition coefficient (Wildman–Crippen LogP) is 3.46. The summed E-state index contributed by atoms with van der Waals surface area (Å²) in [4.78, 5) is 6.90. The lowest BCUT2D eigenvalue weighted by Gasteiger charge is -2.20. The van der Waals surface area contributed by atoms with E-state index in [0.717, 1.165) is 29.9 Å². The van der Waals surface area contributed by atoms with Crippen molar-refractivity contribution in [3.8, 4) is 0 Å². The monoisotopic (exact) mass is 290 g/mol. The Morgan fingerprint density at radius 2 is 2.18 bits per heavy atom. The van der Waals surface area contributed by atoms with E-state index in [9.17, 15) is 0 Å². The summed E-state index contributed by atoms with van der Waals surface area (Å²) in [5, 5.41) is 2.37. The van der Waals surface area contributed by atoms with Gasteiger partial charge < -0.3 is 4.90 Å². The van der Waals surface area contributed by atoms with Crippen LogP contribution in [0.15, 0.2) is 36.5 Å². The molecular weight excluding hydrogens is 276 g/mol. The van der Waals surface area contributed by atoms with Crippen molar-refractivity contribution in [2.45, 2.75) is 6.42 Å². The van der Waals surface area contributed by atoms with Crippen LogP contribution in [-0.2, 0) is 0 Å². The van der Waals surface area contributed by atoms with Gasteiger partial charge in [0.2, 0.25) is 0 Å². The number of nitrogens with zero attached hydrogens (tertiary/aromatic N) is 2. The minimum atomic E-state index is 0.780. The van der Waals surface area contributed by atoms with Gasteiger partial charge in [-0.25, -0.2) is 0 Å². The molecule has 0 saturated carbocycles. The van der Waals surface area contributed by atoms with E-state index in [0.29, 0.717) is 0 Å². The van der Waals surface area contributed by atoms with Gasteiger partial charge in [-0.05, 0) is 24.5 Å². The van der Waals surface area contributed by atoms with Gasteiger partial charge in [-0.1, -0.05) is 34.1 Å². The van der Waals surface area contributed by atoms with Crippen LogP contribution in [0.5, 0.6) is 0 Å². The van der Waals surface area contributed by atoms with Crippen LogP contribution in [0.3, 0.4) is 0 Å². The molecule has 0 bridgehead atoms. The molecule has 0 N–H and O–H groups in total. The number of benzene rings is 1. The van der Waals surface area contributed by atoms with Crippen LogP contribution in [0.4, 0.5) is 5.69 Å². The molecule has 1 unspecified atom stereocenters. The highest BCUT2D eigenvalue weighted by atomic mass is 79.9. The molecule has 3 rings (SSSR count). The highest BCUT2D eigenvalue weighted by Gasteiger charge is 2.22. The Balaban J connectivity index is 2.00. The smallest absolute Gasteiger partial charge is 0.0722 e. The van der Waals surface area contributed by atoms with Crippen molar-refractivity contribution in [2.24, 2.45) is 5.92 Å². The molecule has 1 aromatic heterocycles. The van der Waals surface area contributed by atoms with Gasteiger partial charge in [0.05, 0.1) is 5.52 Å². The largest absolute Gasteiger partial charge is 0.371 e. The summed E-state index contributed by atoms with van der Waals surface area (Å²) in [6.07, 6.45) is 3.20. The lowest BCUT2D eigenvalue weighted by molar-refractivity contribution is 0.676. The molecule has 1 aliphatic heterocycles. The van der Waals surface area contributed by atoms with Crippen LogP contribution in [-0.4, -0.2) is 23.4 Å². The summed E-state index contributed by atoms with van der Waals surface area (Å²) in [6, 6.07) is 10.5. The van der Waals surface area contributed by atoms with Gasteiger partial charge in [-0.2, -0.15) is 0 Å². The third-order valence-corrected chi connectivity index (χ3v) is 4.39. The van der Waals surface area contributed by atoms with Crippen molar-refractivity contribution in [2.75, 3.05) is 23.3 Å². The topological polar surface area (TPSA) is 16.1 Å². The fourth-order valence-electron chi connectivity index (χ4n) is 2.53. The van der Waals surface area contributed by atoms with Gasteiger partial charge in [0.25, 0.3) is 0 Å². The van der Waals surface area contributed by atoms with Gasteiger partial charge in [0.15, 0.2) is 0 Å². The minimum Gasteiger partial charge on any atom is -0.371 e. The first-order valence-corrected chi connectivity index (χ1v) is 7.15. The summed E-state index contributed by atoms with van der Waals surface area (Å²) in [5.41, 5.74) is 2.42. The van der Waals surface area contributed by atoms with Crippen molar-refractivity contribution < 1.29 is 0 Å². The Bertz CT molecular complexity index is 521. The zero-order valence-corrected chi connectivity index (χ0v) is 11.2. The average molecular weight is 291 g/mol. The first-order chi connectivity index (χ1) is 8.38. The third kappa shape index (κ3) is 2.04. The van der Waals surface area contributed by atoms with E-state index < -0.39 is 0 Å². The van der Waals surface area contributed by atoms with Crippen LogP contribution in [0.2, 0.25) is 0 Å². The number of alkyl halides is 1. The molecule has 1 aromatic carbocycles. The highest BCUT2D eigenvalue weighted by molar-refractivity contribution is 9.09. The van der Waals surface area contributed by atoms with Gasteiger partial charge in [0.1, 0.15) is 0 Å². The third-order valence-electron chi connectivity index (χ3n) is 3.47. The number of fused-ring (bicyclic) bond motifs is 1. The minimum absolute atomic E-state index is 0.780. The summed E-state index contributed by atoms with van der Waals surface area (Å²) < 4.78 is 0. The second-order valence-electron chi connectivity index (χ2n) is 4.60. The zero-order chi connectivity index (χ0) is 11.7. The summed E-state index contributed by atoms with van der Waals surface area (Å²) in [6.45, 7) is 2.31. The first kappa shape index (κ1) is 11.0. The van der Waals surface area contributed by atoms with E-state index in [4.69, 9.17) is 0 Å². The molecule has 88 valence electrons. The van der Waals surface area contributed by atoms with Crippen LogP contribution in [0, 0.1) is 5.92 Å². The molecular formula is C14H15BrN2. The molecule has 1 saturated heterocycles. The first-order valence-electron chi connectivity index (χ1n) is 6.03. The maximum atomic E-state index is 4.42. The molecule has 3 heteroatoms. The number of halogens is 1. The Hall–Kier alpha value is -1.09. The molecule has 0 amide bonds. The lowest BCUT2D eigenvalue weighted by atomic mass is 10.1. The summed E-state index contributed by atoms with van der Waals surface area (Å²) in [5.74, 6) is 0.780. The summed E-state index contributed by atoms with van der Waals surface area (Å²) >= 11 is 3.59. The molecule has 1 fully saturated rings. The summed E-state index contributed by atoms with van der Waals surface area (Å²) in [7, 11) is 0. The van der Waals surface area contributed by atoms with Crippen molar-refractivity contribution >= 4 is 32.5 Å². The number of aromatic nitrogens is 1.